The highest BCUT2D eigenvalue weighted by atomic mass is 32.2. The van der Waals surface area contributed by atoms with E-state index >= 15 is 0 Å². The standard InChI is InChI=1S/C26H37N3O4S/c1-7-20(4)27-26(31)21(5)28(17-23-12-10-9-11-19(23)3)25(30)18-29(34(6,32)33)24-15-13-22(8-2)14-16-24/h9-16,20-21H,7-8,17-18H2,1-6H3,(H,27,31)/t20-,21-/m1/s1. The number of benzene rings is 2. The van der Waals surface area contributed by atoms with Crippen molar-refractivity contribution in [2.75, 3.05) is 17.1 Å². The molecule has 0 unspecified atom stereocenters. The summed E-state index contributed by atoms with van der Waals surface area (Å²) in [5, 5.41) is 2.93. The lowest BCUT2D eigenvalue weighted by molar-refractivity contribution is -0.139. The first-order valence-electron chi connectivity index (χ1n) is 11.7. The van der Waals surface area contributed by atoms with E-state index in [1.165, 1.54) is 4.90 Å². The maximum atomic E-state index is 13.6. The molecule has 2 aromatic carbocycles. The molecule has 186 valence electrons. The molecule has 34 heavy (non-hydrogen) atoms. The second-order valence-corrected chi connectivity index (χ2v) is 10.6. The number of amides is 2. The molecule has 2 aromatic rings. The molecule has 0 aliphatic carbocycles. The highest BCUT2D eigenvalue weighted by molar-refractivity contribution is 7.92. The molecular formula is C26H37N3O4S. The zero-order valence-electron chi connectivity index (χ0n) is 21.0. The molecule has 0 saturated heterocycles. The molecule has 0 aliphatic heterocycles. The number of carbonyl (C=O) groups excluding carboxylic acids is 2. The Morgan fingerprint density at radius 3 is 2.15 bits per heavy atom. The molecule has 0 aromatic heterocycles. The van der Waals surface area contributed by atoms with Crippen molar-refractivity contribution >= 4 is 27.5 Å². The first kappa shape index (κ1) is 27.4. The molecule has 2 atom stereocenters. The fraction of sp³-hybridized carbons (Fsp3) is 0.462. The Morgan fingerprint density at radius 1 is 1.00 bits per heavy atom. The summed E-state index contributed by atoms with van der Waals surface area (Å²) >= 11 is 0. The lowest BCUT2D eigenvalue weighted by Gasteiger charge is -2.32. The largest absolute Gasteiger partial charge is 0.352 e. The van der Waals surface area contributed by atoms with Gasteiger partial charge in [0.2, 0.25) is 21.8 Å². The molecule has 8 heteroatoms. The van der Waals surface area contributed by atoms with E-state index in [0.717, 1.165) is 40.1 Å². The topological polar surface area (TPSA) is 86.8 Å². The fourth-order valence-corrected chi connectivity index (χ4v) is 4.38. The minimum Gasteiger partial charge on any atom is -0.352 e. The predicted octanol–water partition coefficient (Wildman–Crippen LogP) is 3.66. The van der Waals surface area contributed by atoms with Crippen molar-refractivity contribution in [2.24, 2.45) is 0 Å². The summed E-state index contributed by atoms with van der Waals surface area (Å²) in [7, 11) is -3.73. The van der Waals surface area contributed by atoms with Crippen LogP contribution in [0.15, 0.2) is 48.5 Å². The van der Waals surface area contributed by atoms with E-state index in [4.69, 9.17) is 0 Å². The Kier molecular flexibility index (Phi) is 9.67. The molecule has 2 amide bonds. The molecule has 0 aliphatic rings. The van der Waals surface area contributed by atoms with Gasteiger partial charge >= 0.3 is 0 Å². The van der Waals surface area contributed by atoms with Crippen LogP contribution < -0.4 is 9.62 Å². The van der Waals surface area contributed by atoms with E-state index < -0.39 is 28.5 Å². The number of anilines is 1. The molecule has 2 rings (SSSR count). The summed E-state index contributed by atoms with van der Waals surface area (Å²) in [6.45, 7) is 9.32. The third kappa shape index (κ3) is 7.32. The van der Waals surface area contributed by atoms with Gasteiger partial charge in [0.25, 0.3) is 0 Å². The number of hydrogen-bond donors (Lipinski definition) is 1. The number of rotatable bonds is 11. The van der Waals surface area contributed by atoms with Crippen LogP contribution in [0.2, 0.25) is 0 Å². The van der Waals surface area contributed by atoms with Gasteiger partial charge in [-0.1, -0.05) is 50.2 Å². The van der Waals surface area contributed by atoms with Crippen LogP contribution >= 0.6 is 0 Å². The van der Waals surface area contributed by atoms with Gasteiger partial charge in [-0.25, -0.2) is 8.42 Å². The van der Waals surface area contributed by atoms with Gasteiger partial charge in [-0.05, 0) is 62.4 Å². The van der Waals surface area contributed by atoms with E-state index in [1.54, 1.807) is 19.1 Å². The molecule has 0 bridgehead atoms. The fourth-order valence-electron chi connectivity index (χ4n) is 3.53. The average molecular weight is 488 g/mol. The number of sulfonamides is 1. The third-order valence-electron chi connectivity index (χ3n) is 6.08. The van der Waals surface area contributed by atoms with Crippen LogP contribution in [0.1, 0.15) is 50.8 Å². The van der Waals surface area contributed by atoms with Gasteiger partial charge in [0.15, 0.2) is 0 Å². The monoisotopic (exact) mass is 487 g/mol. The first-order valence-corrected chi connectivity index (χ1v) is 13.5. The minimum atomic E-state index is -3.73. The number of aryl methyl sites for hydroxylation is 2. The number of nitrogens with zero attached hydrogens (tertiary/aromatic N) is 2. The number of hydrogen-bond acceptors (Lipinski definition) is 4. The van der Waals surface area contributed by atoms with Gasteiger partial charge < -0.3 is 10.2 Å². The zero-order chi connectivity index (χ0) is 25.5. The molecule has 1 N–H and O–H groups in total. The van der Waals surface area contributed by atoms with Gasteiger partial charge in [0, 0.05) is 12.6 Å². The summed E-state index contributed by atoms with van der Waals surface area (Å²) in [6, 6.07) is 14.0. The normalized spacial score (nSPS) is 13.1. The molecular weight excluding hydrogens is 450 g/mol. The summed E-state index contributed by atoms with van der Waals surface area (Å²) in [6.07, 6.45) is 2.67. The smallest absolute Gasteiger partial charge is 0.244 e. The Labute approximate surface area is 204 Å². The molecule has 7 nitrogen and oxygen atoms in total. The van der Waals surface area contributed by atoms with Crippen LogP contribution in [0, 0.1) is 6.92 Å². The van der Waals surface area contributed by atoms with Crippen molar-refractivity contribution in [2.45, 2.75) is 66.1 Å². The van der Waals surface area contributed by atoms with Crippen LogP contribution in [0.5, 0.6) is 0 Å². The van der Waals surface area contributed by atoms with E-state index in [9.17, 15) is 18.0 Å². The zero-order valence-corrected chi connectivity index (χ0v) is 21.9. The molecule has 0 spiro atoms. The SMILES string of the molecule is CCc1ccc(N(CC(=O)N(Cc2ccccc2C)[C@H](C)C(=O)N[C@H](C)CC)S(C)(=O)=O)cc1. The Morgan fingerprint density at radius 2 is 1.62 bits per heavy atom. The van der Waals surface area contributed by atoms with Crippen molar-refractivity contribution < 1.29 is 18.0 Å². The maximum Gasteiger partial charge on any atom is 0.244 e. The van der Waals surface area contributed by atoms with Crippen LogP contribution in [0.3, 0.4) is 0 Å². The first-order chi connectivity index (χ1) is 16.0. The maximum absolute atomic E-state index is 13.6. The van der Waals surface area contributed by atoms with Gasteiger partial charge in [-0.3, -0.25) is 13.9 Å². The predicted molar refractivity (Wildman–Crippen MR) is 137 cm³/mol. The van der Waals surface area contributed by atoms with Gasteiger partial charge in [-0.2, -0.15) is 0 Å². The quantitative estimate of drug-likeness (QED) is 0.524. The highest BCUT2D eigenvalue weighted by Crippen LogP contribution is 2.20. The van der Waals surface area contributed by atoms with Crippen molar-refractivity contribution in [3.63, 3.8) is 0 Å². The average Bonchev–Trinajstić information content (AvgIpc) is 2.80. The summed E-state index contributed by atoms with van der Waals surface area (Å²) < 4.78 is 26.3. The van der Waals surface area contributed by atoms with Gasteiger partial charge in [0.05, 0.1) is 11.9 Å². The Bertz CT molecular complexity index is 1080. The number of carbonyl (C=O) groups is 2. The van der Waals surface area contributed by atoms with Crippen LogP contribution in [0.4, 0.5) is 5.69 Å². The van der Waals surface area contributed by atoms with Crippen molar-refractivity contribution in [1.29, 1.82) is 0 Å². The van der Waals surface area contributed by atoms with E-state index in [0.29, 0.717) is 5.69 Å². The van der Waals surface area contributed by atoms with Crippen LogP contribution in [0.25, 0.3) is 0 Å². The van der Waals surface area contributed by atoms with Gasteiger partial charge in [0.1, 0.15) is 12.6 Å². The molecule has 0 radical (unpaired) electrons. The second kappa shape index (κ2) is 12.0. The molecule has 0 heterocycles. The summed E-state index contributed by atoms with van der Waals surface area (Å²) in [5.74, 6) is -0.713. The van der Waals surface area contributed by atoms with E-state index in [2.05, 4.69) is 5.32 Å². The van der Waals surface area contributed by atoms with Crippen LogP contribution in [-0.2, 0) is 32.6 Å². The minimum absolute atomic E-state index is 0.0324. The third-order valence-corrected chi connectivity index (χ3v) is 7.22. The van der Waals surface area contributed by atoms with Crippen LogP contribution in [-0.4, -0.2) is 50.0 Å². The van der Waals surface area contributed by atoms with Crippen molar-refractivity contribution in [3.8, 4) is 0 Å². The van der Waals surface area contributed by atoms with E-state index in [1.807, 2.05) is 64.1 Å². The lowest BCUT2D eigenvalue weighted by atomic mass is 10.1. The lowest BCUT2D eigenvalue weighted by Crippen LogP contribution is -2.52. The highest BCUT2D eigenvalue weighted by Gasteiger charge is 2.30. The van der Waals surface area contributed by atoms with Gasteiger partial charge in [-0.15, -0.1) is 0 Å². The second-order valence-electron chi connectivity index (χ2n) is 8.73. The van der Waals surface area contributed by atoms with Crippen molar-refractivity contribution in [1.82, 2.24) is 10.2 Å². The number of nitrogens with one attached hydrogen (secondary N) is 1. The summed E-state index contributed by atoms with van der Waals surface area (Å²) in [4.78, 5) is 27.9. The van der Waals surface area contributed by atoms with E-state index in [-0.39, 0.29) is 18.5 Å². The summed E-state index contributed by atoms with van der Waals surface area (Å²) in [5.41, 5.74) is 3.38. The van der Waals surface area contributed by atoms with Crippen molar-refractivity contribution in [3.05, 3.63) is 65.2 Å². The molecule has 0 fully saturated rings. The Hall–Kier alpha value is -2.87. The molecule has 0 saturated carbocycles. The Balaban J connectivity index is 2.39.